The Morgan fingerprint density at radius 3 is 2.22 bits per heavy atom. The average molecular weight is 248 g/mol. The number of benzene rings is 1. The van der Waals surface area contributed by atoms with Crippen LogP contribution in [0.25, 0.3) is 0 Å². The molecule has 2 heteroatoms. The Morgan fingerprint density at radius 1 is 1.06 bits per heavy atom. The number of hydrogen-bond acceptors (Lipinski definition) is 2. The average Bonchev–Trinajstić information content (AvgIpc) is 2.38. The minimum Gasteiger partial charge on any atom is -0.313 e. The SMILES string of the molecule is CNC(CCN(C)CCC(C)C)c1ccccc1. The Bertz CT molecular complexity index is 308. The molecule has 18 heavy (non-hydrogen) atoms. The van der Waals surface area contributed by atoms with E-state index in [-0.39, 0.29) is 0 Å². The lowest BCUT2D eigenvalue weighted by molar-refractivity contribution is 0.292. The molecule has 1 aromatic carbocycles. The Morgan fingerprint density at radius 2 is 1.67 bits per heavy atom. The molecule has 0 saturated heterocycles. The smallest absolute Gasteiger partial charge is 0.0329 e. The third-order valence-corrected chi connectivity index (χ3v) is 3.44. The molecule has 2 nitrogen and oxygen atoms in total. The molecule has 0 aromatic heterocycles. The molecule has 0 spiro atoms. The summed E-state index contributed by atoms with van der Waals surface area (Å²) in [6.45, 7) is 6.92. The van der Waals surface area contributed by atoms with Crippen LogP contribution in [0, 0.1) is 5.92 Å². The number of hydrogen-bond donors (Lipinski definition) is 1. The normalized spacial score (nSPS) is 13.2. The summed E-state index contributed by atoms with van der Waals surface area (Å²) in [5.41, 5.74) is 1.39. The van der Waals surface area contributed by atoms with Gasteiger partial charge in [-0.1, -0.05) is 44.2 Å². The maximum Gasteiger partial charge on any atom is 0.0329 e. The highest BCUT2D eigenvalue weighted by atomic mass is 15.1. The molecule has 0 heterocycles. The molecule has 0 fully saturated rings. The van der Waals surface area contributed by atoms with Crippen molar-refractivity contribution in [2.75, 3.05) is 27.2 Å². The van der Waals surface area contributed by atoms with Gasteiger partial charge in [-0.25, -0.2) is 0 Å². The van der Waals surface area contributed by atoms with Crippen molar-refractivity contribution in [3.8, 4) is 0 Å². The monoisotopic (exact) mass is 248 g/mol. The van der Waals surface area contributed by atoms with Gasteiger partial charge in [0.05, 0.1) is 0 Å². The lowest BCUT2D eigenvalue weighted by Gasteiger charge is -2.22. The summed E-state index contributed by atoms with van der Waals surface area (Å²) < 4.78 is 0. The van der Waals surface area contributed by atoms with Gasteiger partial charge in [0.2, 0.25) is 0 Å². The highest BCUT2D eigenvalue weighted by molar-refractivity contribution is 5.18. The maximum atomic E-state index is 3.41. The largest absolute Gasteiger partial charge is 0.313 e. The summed E-state index contributed by atoms with van der Waals surface area (Å²) in [5, 5.41) is 3.41. The zero-order valence-electron chi connectivity index (χ0n) is 12.3. The molecule has 0 bridgehead atoms. The van der Waals surface area contributed by atoms with Crippen LogP contribution in [0.3, 0.4) is 0 Å². The van der Waals surface area contributed by atoms with E-state index < -0.39 is 0 Å². The lowest BCUT2D eigenvalue weighted by Crippen LogP contribution is -2.26. The van der Waals surface area contributed by atoms with Gasteiger partial charge in [-0.05, 0) is 51.5 Å². The number of rotatable bonds is 8. The van der Waals surface area contributed by atoms with Crippen LogP contribution >= 0.6 is 0 Å². The van der Waals surface area contributed by atoms with Crippen molar-refractivity contribution in [3.05, 3.63) is 35.9 Å². The van der Waals surface area contributed by atoms with E-state index in [1.807, 2.05) is 7.05 Å². The van der Waals surface area contributed by atoms with Crippen LogP contribution in [0.15, 0.2) is 30.3 Å². The maximum absolute atomic E-state index is 3.41. The van der Waals surface area contributed by atoms with Crippen LogP contribution in [0.2, 0.25) is 0 Å². The minimum absolute atomic E-state index is 0.465. The van der Waals surface area contributed by atoms with E-state index in [4.69, 9.17) is 0 Å². The highest BCUT2D eigenvalue weighted by Crippen LogP contribution is 2.16. The fourth-order valence-electron chi connectivity index (χ4n) is 2.10. The second kappa shape index (κ2) is 8.28. The molecule has 0 radical (unpaired) electrons. The van der Waals surface area contributed by atoms with Gasteiger partial charge in [0.1, 0.15) is 0 Å². The van der Waals surface area contributed by atoms with Crippen molar-refractivity contribution in [2.24, 2.45) is 5.92 Å². The number of nitrogens with zero attached hydrogens (tertiary/aromatic N) is 1. The molecular weight excluding hydrogens is 220 g/mol. The van der Waals surface area contributed by atoms with Crippen LogP contribution in [-0.2, 0) is 0 Å². The standard InChI is InChI=1S/C16H28N2/c1-14(2)10-12-18(4)13-11-16(17-3)15-8-6-5-7-9-15/h5-9,14,16-17H,10-13H2,1-4H3. The second-order valence-electron chi connectivity index (χ2n) is 5.53. The molecular formula is C16H28N2. The predicted octanol–water partition coefficient (Wildman–Crippen LogP) is 3.32. The minimum atomic E-state index is 0.465. The first-order chi connectivity index (χ1) is 8.63. The fourth-order valence-corrected chi connectivity index (χ4v) is 2.10. The lowest BCUT2D eigenvalue weighted by atomic mass is 10.0. The van der Waals surface area contributed by atoms with Gasteiger partial charge >= 0.3 is 0 Å². The van der Waals surface area contributed by atoms with E-state index in [9.17, 15) is 0 Å². The first-order valence-corrected chi connectivity index (χ1v) is 7.04. The molecule has 0 aliphatic carbocycles. The van der Waals surface area contributed by atoms with Crippen molar-refractivity contribution >= 4 is 0 Å². The summed E-state index contributed by atoms with van der Waals surface area (Å²) >= 11 is 0. The van der Waals surface area contributed by atoms with Crippen LogP contribution in [0.4, 0.5) is 0 Å². The zero-order chi connectivity index (χ0) is 13.4. The van der Waals surface area contributed by atoms with Crippen LogP contribution < -0.4 is 5.32 Å². The second-order valence-corrected chi connectivity index (χ2v) is 5.53. The molecule has 0 saturated carbocycles. The van der Waals surface area contributed by atoms with E-state index in [1.54, 1.807) is 0 Å². The van der Waals surface area contributed by atoms with Gasteiger partial charge in [-0.3, -0.25) is 0 Å². The molecule has 1 unspecified atom stereocenters. The van der Waals surface area contributed by atoms with E-state index >= 15 is 0 Å². The van der Waals surface area contributed by atoms with E-state index in [0.29, 0.717) is 6.04 Å². The zero-order valence-corrected chi connectivity index (χ0v) is 12.3. The van der Waals surface area contributed by atoms with Crippen molar-refractivity contribution in [3.63, 3.8) is 0 Å². The molecule has 1 atom stereocenters. The van der Waals surface area contributed by atoms with Crippen LogP contribution in [-0.4, -0.2) is 32.1 Å². The van der Waals surface area contributed by atoms with Crippen molar-refractivity contribution < 1.29 is 0 Å². The third kappa shape index (κ3) is 5.65. The summed E-state index contributed by atoms with van der Waals surface area (Å²) in [4.78, 5) is 2.44. The predicted molar refractivity (Wildman–Crippen MR) is 79.8 cm³/mol. The molecule has 0 aliphatic heterocycles. The van der Waals surface area contributed by atoms with E-state index in [0.717, 1.165) is 18.9 Å². The molecule has 0 aliphatic rings. The van der Waals surface area contributed by atoms with Gasteiger partial charge in [0.25, 0.3) is 0 Å². The Hall–Kier alpha value is -0.860. The third-order valence-electron chi connectivity index (χ3n) is 3.44. The summed E-state index contributed by atoms with van der Waals surface area (Å²) in [5.74, 6) is 0.793. The van der Waals surface area contributed by atoms with Crippen molar-refractivity contribution in [2.45, 2.75) is 32.7 Å². The molecule has 0 amide bonds. The molecule has 102 valence electrons. The topological polar surface area (TPSA) is 15.3 Å². The first kappa shape index (κ1) is 15.2. The fraction of sp³-hybridized carbons (Fsp3) is 0.625. The van der Waals surface area contributed by atoms with E-state index in [2.05, 4.69) is 61.4 Å². The summed E-state index contributed by atoms with van der Waals surface area (Å²) in [6.07, 6.45) is 2.45. The van der Waals surface area contributed by atoms with Gasteiger partial charge in [-0.2, -0.15) is 0 Å². The quantitative estimate of drug-likeness (QED) is 0.759. The summed E-state index contributed by atoms with van der Waals surface area (Å²) in [7, 11) is 4.27. The van der Waals surface area contributed by atoms with E-state index in [1.165, 1.54) is 18.5 Å². The van der Waals surface area contributed by atoms with Crippen LogP contribution in [0.1, 0.15) is 38.3 Å². The van der Waals surface area contributed by atoms with Gasteiger partial charge in [-0.15, -0.1) is 0 Å². The Labute approximate surface area is 112 Å². The number of nitrogens with one attached hydrogen (secondary N) is 1. The van der Waals surface area contributed by atoms with Crippen molar-refractivity contribution in [1.29, 1.82) is 0 Å². The molecule has 1 rings (SSSR count). The highest BCUT2D eigenvalue weighted by Gasteiger charge is 2.09. The van der Waals surface area contributed by atoms with Gasteiger partial charge < -0.3 is 10.2 Å². The Balaban J connectivity index is 2.36. The molecule has 1 N–H and O–H groups in total. The van der Waals surface area contributed by atoms with Gasteiger partial charge in [0.15, 0.2) is 0 Å². The van der Waals surface area contributed by atoms with Crippen molar-refractivity contribution in [1.82, 2.24) is 10.2 Å². The van der Waals surface area contributed by atoms with Gasteiger partial charge in [0, 0.05) is 6.04 Å². The molecule has 1 aromatic rings. The Kier molecular flexibility index (Phi) is 6.99. The summed E-state index contributed by atoms with van der Waals surface area (Å²) in [6, 6.07) is 11.2. The first-order valence-electron chi connectivity index (χ1n) is 7.04. The van der Waals surface area contributed by atoms with Crippen LogP contribution in [0.5, 0.6) is 0 Å².